The third-order valence-electron chi connectivity index (χ3n) is 2.27. The molecule has 0 unspecified atom stereocenters. The van der Waals surface area contributed by atoms with Gasteiger partial charge in [0, 0.05) is 5.69 Å². The summed E-state index contributed by atoms with van der Waals surface area (Å²) >= 11 is 1.10. The largest absolute Gasteiger partial charge is 0.497 e. The molecule has 104 valence electrons. The van der Waals surface area contributed by atoms with Crippen molar-refractivity contribution in [3.63, 3.8) is 0 Å². The fourth-order valence-corrected chi connectivity index (χ4v) is 1.98. The average Bonchev–Trinajstić information content (AvgIpc) is 2.46. The number of nitrogens with zero attached hydrogens (tertiary/aromatic N) is 2. The molecule has 1 aromatic carbocycles. The molecule has 0 aliphatic heterocycles. The first kappa shape index (κ1) is 14.1. The maximum absolute atomic E-state index is 11.7. The molecule has 1 amide bonds. The number of hydrogen-bond donors (Lipinski definition) is 2. The Hall–Kier alpha value is -2.35. The first-order valence-corrected chi connectivity index (χ1v) is 6.64. The lowest BCUT2D eigenvalue weighted by molar-refractivity contribution is -0.113. The lowest BCUT2D eigenvalue weighted by atomic mass is 10.3. The van der Waals surface area contributed by atoms with Crippen LogP contribution in [0.1, 0.15) is 0 Å². The first-order valence-electron chi connectivity index (χ1n) is 5.66. The summed E-state index contributed by atoms with van der Waals surface area (Å²) in [6, 6.07) is 6.99. The van der Waals surface area contributed by atoms with E-state index in [2.05, 4.69) is 20.5 Å². The number of H-pyrrole nitrogens is 1. The Morgan fingerprint density at radius 1 is 1.40 bits per heavy atom. The summed E-state index contributed by atoms with van der Waals surface area (Å²) in [7, 11) is 1.58. The molecule has 2 N–H and O–H groups in total. The van der Waals surface area contributed by atoms with E-state index < -0.39 is 0 Å². The van der Waals surface area contributed by atoms with Gasteiger partial charge in [0.25, 0.3) is 5.56 Å². The third kappa shape index (κ3) is 4.09. The zero-order chi connectivity index (χ0) is 14.4. The Morgan fingerprint density at radius 2 is 2.15 bits per heavy atom. The van der Waals surface area contributed by atoms with E-state index in [0.717, 1.165) is 23.7 Å². The molecule has 0 fully saturated rings. The minimum absolute atomic E-state index is 0.126. The lowest BCUT2D eigenvalue weighted by Crippen LogP contribution is -2.15. The number of carbonyl (C=O) groups is 1. The van der Waals surface area contributed by atoms with E-state index in [0.29, 0.717) is 10.8 Å². The number of anilines is 1. The van der Waals surface area contributed by atoms with E-state index in [9.17, 15) is 9.59 Å². The van der Waals surface area contributed by atoms with Gasteiger partial charge in [0.05, 0.1) is 12.9 Å². The van der Waals surface area contributed by atoms with Crippen molar-refractivity contribution in [2.24, 2.45) is 0 Å². The predicted molar refractivity (Wildman–Crippen MR) is 75.0 cm³/mol. The van der Waals surface area contributed by atoms with Gasteiger partial charge in [-0.05, 0) is 24.3 Å². The topological polar surface area (TPSA) is 97.0 Å². The van der Waals surface area contributed by atoms with Crippen molar-refractivity contribution in [3.8, 4) is 5.75 Å². The van der Waals surface area contributed by atoms with Crippen LogP contribution < -0.4 is 15.6 Å². The van der Waals surface area contributed by atoms with Crippen molar-refractivity contribution in [2.75, 3.05) is 18.2 Å². The summed E-state index contributed by atoms with van der Waals surface area (Å²) in [5.74, 6) is 0.641. The van der Waals surface area contributed by atoms with E-state index in [-0.39, 0.29) is 17.2 Å². The number of methoxy groups -OCH3 is 1. The van der Waals surface area contributed by atoms with Gasteiger partial charge in [0.1, 0.15) is 11.9 Å². The molecule has 0 radical (unpaired) electrons. The van der Waals surface area contributed by atoms with E-state index in [1.165, 1.54) is 0 Å². The van der Waals surface area contributed by atoms with Crippen LogP contribution in [0.15, 0.2) is 40.4 Å². The van der Waals surface area contributed by atoms with Crippen LogP contribution in [-0.4, -0.2) is 34.0 Å². The van der Waals surface area contributed by atoms with Gasteiger partial charge in [-0.25, -0.2) is 0 Å². The molecule has 0 bridgehead atoms. The quantitative estimate of drug-likeness (QED) is 0.795. The van der Waals surface area contributed by atoms with Gasteiger partial charge in [0.2, 0.25) is 5.91 Å². The van der Waals surface area contributed by atoms with Crippen molar-refractivity contribution in [3.05, 3.63) is 40.8 Å². The van der Waals surface area contributed by atoms with Crippen LogP contribution in [0.25, 0.3) is 0 Å². The molecule has 7 nitrogen and oxygen atoms in total. The Bertz CT molecular complexity index is 642. The van der Waals surface area contributed by atoms with Crippen molar-refractivity contribution in [1.82, 2.24) is 15.2 Å². The molecular weight excluding hydrogens is 280 g/mol. The maximum Gasteiger partial charge on any atom is 0.270 e. The van der Waals surface area contributed by atoms with Crippen LogP contribution in [0.5, 0.6) is 5.75 Å². The zero-order valence-electron chi connectivity index (χ0n) is 10.6. The molecule has 0 aliphatic carbocycles. The molecule has 1 heterocycles. The number of nitrogens with one attached hydrogen (secondary N) is 2. The molecule has 1 aromatic heterocycles. The van der Waals surface area contributed by atoms with Gasteiger partial charge in [-0.3, -0.25) is 14.6 Å². The third-order valence-corrected chi connectivity index (χ3v) is 3.13. The van der Waals surface area contributed by atoms with Gasteiger partial charge in [0.15, 0.2) is 5.16 Å². The molecule has 20 heavy (non-hydrogen) atoms. The zero-order valence-corrected chi connectivity index (χ0v) is 11.4. The predicted octanol–water partition coefficient (Wildman–Crippen LogP) is 0.904. The van der Waals surface area contributed by atoms with Crippen molar-refractivity contribution in [2.45, 2.75) is 5.16 Å². The molecule has 0 saturated carbocycles. The minimum Gasteiger partial charge on any atom is -0.497 e. The van der Waals surface area contributed by atoms with E-state index in [4.69, 9.17) is 4.74 Å². The first-order chi connectivity index (χ1) is 9.67. The number of benzene rings is 1. The van der Waals surface area contributed by atoms with Crippen LogP contribution in [0, 0.1) is 0 Å². The Kier molecular flexibility index (Phi) is 4.72. The lowest BCUT2D eigenvalue weighted by Gasteiger charge is -2.05. The summed E-state index contributed by atoms with van der Waals surface area (Å²) in [5, 5.41) is 10.2. The molecular formula is C12H12N4O3S. The Morgan fingerprint density at radius 3 is 2.80 bits per heavy atom. The molecule has 0 aliphatic rings. The van der Waals surface area contributed by atoms with Crippen LogP contribution in [-0.2, 0) is 4.79 Å². The van der Waals surface area contributed by atoms with E-state index in [1.807, 2.05) is 0 Å². The number of amides is 1. The molecule has 0 saturated heterocycles. The van der Waals surface area contributed by atoms with Crippen LogP contribution >= 0.6 is 11.8 Å². The number of aromatic amines is 1. The van der Waals surface area contributed by atoms with Gasteiger partial charge in [-0.2, -0.15) is 5.10 Å². The normalized spacial score (nSPS) is 10.1. The van der Waals surface area contributed by atoms with E-state index in [1.54, 1.807) is 31.4 Å². The van der Waals surface area contributed by atoms with Crippen LogP contribution in [0.3, 0.4) is 0 Å². The minimum atomic E-state index is -0.349. The summed E-state index contributed by atoms with van der Waals surface area (Å²) < 4.78 is 5.02. The number of thioether (sulfide) groups is 1. The molecule has 0 spiro atoms. The van der Waals surface area contributed by atoms with Crippen molar-refractivity contribution in [1.29, 1.82) is 0 Å². The highest BCUT2D eigenvalue weighted by atomic mass is 32.2. The molecule has 0 atom stereocenters. The summed E-state index contributed by atoms with van der Waals surface area (Å²) in [5.41, 5.74) is 0.321. The van der Waals surface area contributed by atoms with Gasteiger partial charge in [-0.15, -0.1) is 5.10 Å². The summed E-state index contributed by atoms with van der Waals surface area (Å²) in [6.45, 7) is 0. The fourth-order valence-electron chi connectivity index (χ4n) is 1.37. The Labute approximate surface area is 118 Å². The number of hydrogen-bond acceptors (Lipinski definition) is 6. The fraction of sp³-hybridized carbons (Fsp3) is 0.167. The molecule has 2 rings (SSSR count). The second kappa shape index (κ2) is 6.71. The molecule has 2 aromatic rings. The standard InChI is InChI=1S/C12H12N4O3S/c1-19-9-4-2-8(3-5-9)14-11(18)7-20-12-15-10(17)6-13-16-12/h2-6H,7H2,1H3,(H,14,18)(H,15,16,17). The average molecular weight is 292 g/mol. The second-order valence-electron chi connectivity index (χ2n) is 3.70. The monoisotopic (exact) mass is 292 g/mol. The van der Waals surface area contributed by atoms with E-state index >= 15 is 0 Å². The highest BCUT2D eigenvalue weighted by Gasteiger charge is 2.05. The smallest absolute Gasteiger partial charge is 0.270 e. The van der Waals surface area contributed by atoms with Gasteiger partial charge in [-0.1, -0.05) is 11.8 Å². The van der Waals surface area contributed by atoms with Gasteiger partial charge < -0.3 is 10.1 Å². The SMILES string of the molecule is COc1ccc(NC(=O)CSc2nncc(=O)[nH]2)cc1. The maximum atomic E-state index is 11.7. The highest BCUT2D eigenvalue weighted by Crippen LogP contribution is 2.16. The molecule has 8 heteroatoms. The van der Waals surface area contributed by atoms with Crippen LogP contribution in [0.4, 0.5) is 5.69 Å². The second-order valence-corrected chi connectivity index (χ2v) is 4.67. The van der Waals surface area contributed by atoms with Gasteiger partial charge >= 0.3 is 0 Å². The van der Waals surface area contributed by atoms with Crippen molar-refractivity contribution < 1.29 is 9.53 Å². The van der Waals surface area contributed by atoms with Crippen molar-refractivity contribution >= 4 is 23.4 Å². The number of rotatable bonds is 5. The summed E-state index contributed by atoms with van der Waals surface area (Å²) in [4.78, 5) is 25.2. The number of ether oxygens (including phenoxy) is 1. The van der Waals surface area contributed by atoms with Crippen LogP contribution in [0.2, 0.25) is 0 Å². The number of carbonyl (C=O) groups excluding carboxylic acids is 1. The summed E-state index contributed by atoms with van der Waals surface area (Å²) in [6.07, 6.45) is 1.07. The number of aromatic nitrogens is 3. The highest BCUT2D eigenvalue weighted by molar-refractivity contribution is 7.99. The Balaban J connectivity index is 1.87.